The summed E-state index contributed by atoms with van der Waals surface area (Å²) in [4.78, 5) is 25.6. The Kier molecular flexibility index (Phi) is 4.44. The van der Waals surface area contributed by atoms with Crippen molar-refractivity contribution in [2.24, 2.45) is 0 Å². The molecule has 0 aromatic carbocycles. The number of aryl methyl sites for hydroxylation is 2. The second-order valence-corrected chi connectivity index (χ2v) is 5.05. The summed E-state index contributed by atoms with van der Waals surface area (Å²) < 4.78 is 5.29. The fourth-order valence-electron chi connectivity index (χ4n) is 2.21. The van der Waals surface area contributed by atoms with Crippen LogP contribution in [0.5, 0.6) is 0 Å². The van der Waals surface area contributed by atoms with Crippen LogP contribution in [0.15, 0.2) is 10.5 Å². The molecule has 1 fully saturated rings. The molecule has 1 heterocycles. The van der Waals surface area contributed by atoms with Crippen molar-refractivity contribution in [2.75, 3.05) is 19.7 Å². The van der Waals surface area contributed by atoms with Gasteiger partial charge in [-0.05, 0) is 32.8 Å². The van der Waals surface area contributed by atoms with Crippen molar-refractivity contribution in [3.8, 4) is 0 Å². The van der Waals surface area contributed by atoms with E-state index in [-0.39, 0.29) is 31.0 Å². The van der Waals surface area contributed by atoms with Crippen molar-refractivity contribution in [1.82, 2.24) is 10.2 Å². The summed E-state index contributed by atoms with van der Waals surface area (Å²) in [6.45, 7) is 3.69. The summed E-state index contributed by atoms with van der Waals surface area (Å²) in [5.74, 6) is 0.737. The van der Waals surface area contributed by atoms with E-state index in [0.29, 0.717) is 23.6 Å². The molecular weight excluding hydrogens is 260 g/mol. The van der Waals surface area contributed by atoms with Crippen LogP contribution in [-0.2, 0) is 4.79 Å². The summed E-state index contributed by atoms with van der Waals surface area (Å²) in [6.07, 6.45) is 1.94. The van der Waals surface area contributed by atoms with E-state index in [9.17, 15) is 9.59 Å². The van der Waals surface area contributed by atoms with Crippen LogP contribution in [-0.4, -0.2) is 47.6 Å². The molecule has 2 amide bonds. The molecule has 1 aromatic rings. The summed E-state index contributed by atoms with van der Waals surface area (Å²) in [6, 6.07) is 1.88. The number of amides is 2. The van der Waals surface area contributed by atoms with E-state index in [1.54, 1.807) is 24.8 Å². The molecule has 1 aromatic heterocycles. The third-order valence-corrected chi connectivity index (χ3v) is 3.33. The van der Waals surface area contributed by atoms with Crippen molar-refractivity contribution in [1.29, 1.82) is 0 Å². The number of hydrogen-bond acceptors (Lipinski definition) is 4. The molecule has 0 spiro atoms. The van der Waals surface area contributed by atoms with E-state index in [1.807, 2.05) is 0 Å². The molecule has 0 radical (unpaired) electrons. The lowest BCUT2D eigenvalue weighted by Crippen LogP contribution is -2.42. The maximum absolute atomic E-state index is 12.0. The monoisotopic (exact) mass is 280 g/mol. The van der Waals surface area contributed by atoms with Crippen LogP contribution in [0.3, 0.4) is 0 Å². The average molecular weight is 280 g/mol. The summed E-state index contributed by atoms with van der Waals surface area (Å²) in [7, 11) is 0. The van der Waals surface area contributed by atoms with Crippen molar-refractivity contribution in [3.05, 3.63) is 23.2 Å². The first-order chi connectivity index (χ1) is 9.52. The van der Waals surface area contributed by atoms with Gasteiger partial charge < -0.3 is 19.7 Å². The van der Waals surface area contributed by atoms with E-state index in [2.05, 4.69) is 5.32 Å². The van der Waals surface area contributed by atoms with Gasteiger partial charge in [-0.1, -0.05) is 0 Å². The number of aliphatic hydroxyl groups excluding tert-OH is 1. The Bertz CT molecular complexity index is 505. The molecule has 2 rings (SSSR count). The maximum atomic E-state index is 12.0. The van der Waals surface area contributed by atoms with Crippen molar-refractivity contribution < 1.29 is 19.1 Å². The van der Waals surface area contributed by atoms with E-state index in [0.717, 1.165) is 12.8 Å². The van der Waals surface area contributed by atoms with Gasteiger partial charge in [-0.25, -0.2) is 0 Å². The minimum atomic E-state index is -0.313. The molecule has 0 bridgehead atoms. The fourth-order valence-corrected chi connectivity index (χ4v) is 2.21. The highest BCUT2D eigenvalue weighted by molar-refractivity contribution is 5.97. The molecule has 0 aliphatic heterocycles. The molecule has 110 valence electrons. The molecule has 1 aliphatic carbocycles. The number of rotatable bonds is 6. The first-order valence-corrected chi connectivity index (χ1v) is 6.78. The number of aliphatic hydroxyl groups is 1. The maximum Gasteiger partial charge on any atom is 0.255 e. The van der Waals surface area contributed by atoms with Gasteiger partial charge in [-0.3, -0.25) is 9.59 Å². The van der Waals surface area contributed by atoms with Gasteiger partial charge in [0.1, 0.15) is 11.5 Å². The zero-order valence-electron chi connectivity index (χ0n) is 11.8. The SMILES string of the molecule is Cc1cc(C(=O)NCC(=O)N(CCO)C2CC2)c(C)o1. The third-order valence-electron chi connectivity index (χ3n) is 3.33. The standard InChI is InChI=1S/C14H20N2O4/c1-9-7-12(10(2)20-9)14(19)15-8-13(18)16(5-6-17)11-3-4-11/h7,11,17H,3-6,8H2,1-2H3,(H,15,19). The number of carbonyl (C=O) groups is 2. The number of nitrogens with one attached hydrogen (secondary N) is 1. The van der Waals surface area contributed by atoms with Crippen LogP contribution >= 0.6 is 0 Å². The van der Waals surface area contributed by atoms with Crippen molar-refractivity contribution in [3.63, 3.8) is 0 Å². The highest BCUT2D eigenvalue weighted by atomic mass is 16.3. The lowest BCUT2D eigenvalue weighted by molar-refractivity contribution is -0.131. The molecule has 6 nitrogen and oxygen atoms in total. The Morgan fingerprint density at radius 1 is 1.45 bits per heavy atom. The molecule has 1 aliphatic rings. The predicted octanol–water partition coefficient (Wildman–Crippen LogP) is 0.610. The second kappa shape index (κ2) is 6.09. The molecule has 0 saturated heterocycles. The van der Waals surface area contributed by atoms with Gasteiger partial charge in [0.05, 0.1) is 18.7 Å². The van der Waals surface area contributed by atoms with Crippen LogP contribution in [0, 0.1) is 13.8 Å². The van der Waals surface area contributed by atoms with Gasteiger partial charge >= 0.3 is 0 Å². The first kappa shape index (κ1) is 14.6. The summed E-state index contributed by atoms with van der Waals surface area (Å²) in [5, 5.41) is 11.6. The Labute approximate surface area is 117 Å². The van der Waals surface area contributed by atoms with Crippen LogP contribution in [0.2, 0.25) is 0 Å². The van der Waals surface area contributed by atoms with Gasteiger partial charge in [-0.15, -0.1) is 0 Å². The largest absolute Gasteiger partial charge is 0.466 e. The molecule has 20 heavy (non-hydrogen) atoms. The normalized spacial score (nSPS) is 14.2. The number of nitrogens with zero attached hydrogens (tertiary/aromatic N) is 1. The number of furan rings is 1. The van der Waals surface area contributed by atoms with Gasteiger partial charge in [0.15, 0.2) is 0 Å². The molecular formula is C14H20N2O4. The zero-order valence-corrected chi connectivity index (χ0v) is 11.8. The minimum Gasteiger partial charge on any atom is -0.466 e. The smallest absolute Gasteiger partial charge is 0.255 e. The first-order valence-electron chi connectivity index (χ1n) is 6.78. The van der Waals surface area contributed by atoms with Crippen molar-refractivity contribution in [2.45, 2.75) is 32.7 Å². The highest BCUT2D eigenvalue weighted by Crippen LogP contribution is 2.26. The van der Waals surface area contributed by atoms with Gasteiger partial charge in [0.2, 0.25) is 5.91 Å². The van der Waals surface area contributed by atoms with Gasteiger partial charge in [0.25, 0.3) is 5.91 Å². The number of hydrogen-bond donors (Lipinski definition) is 2. The Balaban J connectivity index is 1.89. The number of carbonyl (C=O) groups excluding carboxylic acids is 2. The van der Waals surface area contributed by atoms with Crippen LogP contribution < -0.4 is 5.32 Å². The Hall–Kier alpha value is -1.82. The molecule has 1 saturated carbocycles. The lowest BCUT2D eigenvalue weighted by atomic mass is 10.2. The molecule has 2 N–H and O–H groups in total. The zero-order chi connectivity index (χ0) is 14.7. The molecule has 0 unspecified atom stereocenters. The van der Waals surface area contributed by atoms with Crippen LogP contribution in [0.4, 0.5) is 0 Å². The third kappa shape index (κ3) is 3.39. The van der Waals surface area contributed by atoms with Crippen LogP contribution in [0.25, 0.3) is 0 Å². The molecule has 0 atom stereocenters. The summed E-state index contributed by atoms with van der Waals surface area (Å²) in [5.41, 5.74) is 0.454. The van der Waals surface area contributed by atoms with Crippen LogP contribution in [0.1, 0.15) is 34.7 Å². The predicted molar refractivity (Wildman–Crippen MR) is 72.3 cm³/mol. The minimum absolute atomic E-state index is 0.0565. The van der Waals surface area contributed by atoms with E-state index in [4.69, 9.17) is 9.52 Å². The van der Waals surface area contributed by atoms with E-state index >= 15 is 0 Å². The second-order valence-electron chi connectivity index (χ2n) is 5.05. The highest BCUT2D eigenvalue weighted by Gasteiger charge is 2.32. The lowest BCUT2D eigenvalue weighted by Gasteiger charge is -2.21. The topological polar surface area (TPSA) is 82.8 Å². The Morgan fingerprint density at radius 3 is 2.65 bits per heavy atom. The average Bonchev–Trinajstić information content (AvgIpc) is 3.18. The van der Waals surface area contributed by atoms with Gasteiger partial charge in [0, 0.05) is 12.6 Å². The van der Waals surface area contributed by atoms with E-state index in [1.165, 1.54) is 0 Å². The summed E-state index contributed by atoms with van der Waals surface area (Å²) >= 11 is 0. The van der Waals surface area contributed by atoms with E-state index < -0.39 is 0 Å². The molecule has 6 heteroatoms. The fraction of sp³-hybridized carbons (Fsp3) is 0.571. The van der Waals surface area contributed by atoms with Crippen molar-refractivity contribution >= 4 is 11.8 Å². The van der Waals surface area contributed by atoms with Gasteiger partial charge in [-0.2, -0.15) is 0 Å². The Morgan fingerprint density at radius 2 is 2.15 bits per heavy atom. The quantitative estimate of drug-likeness (QED) is 0.800.